The van der Waals surface area contributed by atoms with E-state index in [2.05, 4.69) is 0 Å². The number of phenols is 1. The summed E-state index contributed by atoms with van der Waals surface area (Å²) in [5.74, 6) is -1.31. The Hall–Kier alpha value is -1.31. The van der Waals surface area contributed by atoms with Gasteiger partial charge in [0.15, 0.2) is 0 Å². The molecule has 5 nitrogen and oxygen atoms in total. The first-order chi connectivity index (χ1) is 8.86. The first-order valence-corrected chi connectivity index (χ1v) is 6.98. The number of likely N-dealkylation sites (tertiary alicyclic amines) is 1. The predicted molar refractivity (Wildman–Crippen MR) is 77.1 cm³/mol. The number of benzene rings is 1. The van der Waals surface area contributed by atoms with Crippen LogP contribution in [-0.4, -0.2) is 39.1 Å². The molecule has 1 aromatic carbocycles. The number of carbonyl (C=O) groups excluding carboxylic acids is 1. The summed E-state index contributed by atoms with van der Waals surface area (Å²) in [7, 11) is 0. The Labute approximate surface area is 124 Å². The van der Waals surface area contributed by atoms with Crippen LogP contribution in [0.3, 0.4) is 0 Å². The molecule has 0 aromatic heterocycles. The standard InChI is InChI=1S/C13H14INO4/c1-13(12(18)19)5-2-6-15(13)11(17)8-3-4-9(14)10(16)7-8/h3-4,7,16H,2,5-6H2,1H3,(H,18,19). The average Bonchev–Trinajstić information content (AvgIpc) is 2.75. The van der Waals surface area contributed by atoms with Gasteiger partial charge in [0.05, 0.1) is 3.57 Å². The van der Waals surface area contributed by atoms with Crippen LogP contribution in [0, 0.1) is 3.57 Å². The maximum absolute atomic E-state index is 12.4. The highest BCUT2D eigenvalue weighted by atomic mass is 127. The Morgan fingerprint density at radius 3 is 2.68 bits per heavy atom. The molecule has 1 saturated heterocycles. The van der Waals surface area contributed by atoms with Gasteiger partial charge in [-0.25, -0.2) is 4.79 Å². The van der Waals surface area contributed by atoms with Crippen LogP contribution in [-0.2, 0) is 4.79 Å². The van der Waals surface area contributed by atoms with Gasteiger partial charge in [-0.3, -0.25) is 4.79 Å². The summed E-state index contributed by atoms with van der Waals surface area (Å²) < 4.78 is 0.650. The van der Waals surface area contributed by atoms with Crippen LogP contribution in [0.5, 0.6) is 5.75 Å². The van der Waals surface area contributed by atoms with Gasteiger partial charge in [-0.15, -0.1) is 0 Å². The maximum atomic E-state index is 12.4. The van der Waals surface area contributed by atoms with Gasteiger partial charge < -0.3 is 15.1 Å². The van der Waals surface area contributed by atoms with Gasteiger partial charge in [0.2, 0.25) is 0 Å². The molecule has 0 bridgehead atoms. The number of aromatic hydroxyl groups is 1. The third-order valence-corrected chi connectivity index (χ3v) is 4.45. The number of hydrogen-bond donors (Lipinski definition) is 2. The number of carboxylic acids is 1. The van der Waals surface area contributed by atoms with Crippen LogP contribution in [0.25, 0.3) is 0 Å². The summed E-state index contributed by atoms with van der Waals surface area (Å²) >= 11 is 1.96. The molecule has 0 saturated carbocycles. The molecule has 1 atom stereocenters. The first kappa shape index (κ1) is 14.1. The molecule has 0 radical (unpaired) electrons. The van der Waals surface area contributed by atoms with E-state index in [1.54, 1.807) is 19.1 Å². The fraction of sp³-hybridized carbons (Fsp3) is 0.385. The molecule has 19 heavy (non-hydrogen) atoms. The first-order valence-electron chi connectivity index (χ1n) is 5.90. The van der Waals surface area contributed by atoms with Crippen molar-refractivity contribution < 1.29 is 19.8 Å². The number of amides is 1. The molecule has 1 aliphatic rings. The molecule has 2 rings (SSSR count). The SMILES string of the molecule is CC1(C(=O)O)CCCN1C(=O)c1ccc(I)c(O)c1. The number of rotatable bonds is 2. The van der Waals surface area contributed by atoms with E-state index in [1.807, 2.05) is 22.6 Å². The second kappa shape index (κ2) is 4.99. The van der Waals surface area contributed by atoms with Gasteiger partial charge in [-0.1, -0.05) is 0 Å². The largest absolute Gasteiger partial charge is 0.507 e. The van der Waals surface area contributed by atoms with Gasteiger partial charge in [-0.2, -0.15) is 0 Å². The Balaban J connectivity index is 2.33. The number of aliphatic carboxylic acids is 1. The molecule has 0 spiro atoms. The van der Waals surface area contributed by atoms with Crippen LogP contribution >= 0.6 is 22.6 Å². The molecule has 2 N–H and O–H groups in total. The lowest BCUT2D eigenvalue weighted by atomic mass is 9.98. The molecule has 1 aliphatic heterocycles. The zero-order chi connectivity index (χ0) is 14.2. The van der Waals surface area contributed by atoms with Gasteiger partial charge in [0.1, 0.15) is 11.3 Å². The molecule has 1 aromatic rings. The van der Waals surface area contributed by atoms with Crippen LogP contribution in [0.2, 0.25) is 0 Å². The smallest absolute Gasteiger partial charge is 0.329 e. The van der Waals surface area contributed by atoms with E-state index in [-0.39, 0.29) is 11.7 Å². The second-order valence-corrected chi connectivity index (χ2v) is 5.97. The topological polar surface area (TPSA) is 77.8 Å². The molecule has 1 fully saturated rings. The van der Waals surface area contributed by atoms with Crippen LogP contribution in [0.1, 0.15) is 30.1 Å². The van der Waals surface area contributed by atoms with Crippen molar-refractivity contribution in [3.63, 3.8) is 0 Å². The second-order valence-electron chi connectivity index (χ2n) is 4.81. The zero-order valence-corrected chi connectivity index (χ0v) is 12.5. The quantitative estimate of drug-likeness (QED) is 0.776. The average molecular weight is 375 g/mol. The van der Waals surface area contributed by atoms with E-state index in [0.29, 0.717) is 28.5 Å². The summed E-state index contributed by atoms with van der Waals surface area (Å²) in [6.45, 7) is 1.99. The van der Waals surface area contributed by atoms with Crippen LogP contribution in [0.15, 0.2) is 18.2 Å². The van der Waals surface area contributed by atoms with Crippen molar-refractivity contribution in [3.8, 4) is 5.75 Å². The highest BCUT2D eigenvalue weighted by Crippen LogP contribution is 2.31. The van der Waals surface area contributed by atoms with E-state index in [4.69, 9.17) is 0 Å². The number of carbonyl (C=O) groups is 2. The van der Waals surface area contributed by atoms with Gasteiger partial charge in [0.25, 0.3) is 5.91 Å². The fourth-order valence-corrected chi connectivity index (χ4v) is 2.65. The number of nitrogens with zero attached hydrogens (tertiary/aromatic N) is 1. The third-order valence-electron chi connectivity index (χ3n) is 3.54. The lowest BCUT2D eigenvalue weighted by Crippen LogP contribution is -2.50. The van der Waals surface area contributed by atoms with E-state index >= 15 is 0 Å². The number of hydrogen-bond acceptors (Lipinski definition) is 3. The van der Waals surface area contributed by atoms with Gasteiger partial charge in [0, 0.05) is 12.1 Å². The van der Waals surface area contributed by atoms with E-state index in [9.17, 15) is 19.8 Å². The Kier molecular flexibility index (Phi) is 3.71. The molecule has 1 unspecified atom stereocenters. The molecule has 6 heteroatoms. The highest BCUT2D eigenvalue weighted by molar-refractivity contribution is 14.1. The number of phenolic OH excluding ortho intramolecular Hbond substituents is 1. The Morgan fingerprint density at radius 1 is 1.42 bits per heavy atom. The molecule has 102 valence electrons. The maximum Gasteiger partial charge on any atom is 0.329 e. The summed E-state index contributed by atoms with van der Waals surface area (Å²) in [4.78, 5) is 25.1. The lowest BCUT2D eigenvalue weighted by molar-refractivity contribution is -0.147. The van der Waals surface area contributed by atoms with E-state index in [1.165, 1.54) is 11.0 Å². The van der Waals surface area contributed by atoms with Crippen LogP contribution < -0.4 is 0 Å². The minimum Gasteiger partial charge on any atom is -0.507 e. The van der Waals surface area contributed by atoms with Crippen molar-refractivity contribution in [3.05, 3.63) is 27.3 Å². The van der Waals surface area contributed by atoms with Gasteiger partial charge >= 0.3 is 5.97 Å². The molecule has 1 amide bonds. The molecular weight excluding hydrogens is 361 g/mol. The molecule has 1 heterocycles. The van der Waals surface area contributed by atoms with Crippen molar-refractivity contribution in [2.45, 2.75) is 25.3 Å². The van der Waals surface area contributed by atoms with Crippen molar-refractivity contribution in [1.82, 2.24) is 4.90 Å². The van der Waals surface area contributed by atoms with E-state index < -0.39 is 11.5 Å². The summed E-state index contributed by atoms with van der Waals surface area (Å²) in [6.07, 6.45) is 1.12. The summed E-state index contributed by atoms with van der Waals surface area (Å²) in [6, 6.07) is 4.62. The molecule has 0 aliphatic carbocycles. The van der Waals surface area contributed by atoms with Gasteiger partial charge in [-0.05, 0) is 60.6 Å². The van der Waals surface area contributed by atoms with E-state index in [0.717, 1.165) is 0 Å². The minimum atomic E-state index is -1.16. The fourth-order valence-electron chi connectivity index (χ4n) is 2.31. The normalized spacial score (nSPS) is 22.5. The van der Waals surface area contributed by atoms with Crippen molar-refractivity contribution in [2.75, 3.05) is 6.54 Å². The van der Waals surface area contributed by atoms with Crippen molar-refractivity contribution in [2.24, 2.45) is 0 Å². The number of carboxylic acid groups (broad SMARTS) is 1. The predicted octanol–water partition coefficient (Wildman–Crippen LogP) is 2.08. The Bertz CT molecular complexity index is 545. The lowest BCUT2D eigenvalue weighted by Gasteiger charge is -2.31. The minimum absolute atomic E-state index is 0.0303. The van der Waals surface area contributed by atoms with Crippen molar-refractivity contribution in [1.29, 1.82) is 0 Å². The number of halogens is 1. The van der Waals surface area contributed by atoms with Crippen molar-refractivity contribution >= 4 is 34.5 Å². The highest BCUT2D eigenvalue weighted by Gasteiger charge is 2.46. The third kappa shape index (κ3) is 2.41. The summed E-state index contributed by atoms with van der Waals surface area (Å²) in [5, 5.41) is 18.9. The Morgan fingerprint density at radius 2 is 2.11 bits per heavy atom. The monoisotopic (exact) mass is 375 g/mol. The zero-order valence-electron chi connectivity index (χ0n) is 10.4. The summed E-state index contributed by atoms with van der Waals surface area (Å²) in [5.41, 5.74) is -0.845. The van der Waals surface area contributed by atoms with Crippen LogP contribution in [0.4, 0.5) is 0 Å². The molecular formula is C13H14INO4.